The largest absolute Gasteiger partial charge is 0.418 e. The van der Waals surface area contributed by atoms with Crippen LogP contribution in [0.4, 0.5) is 33.8 Å². The molecule has 200 valence electrons. The van der Waals surface area contributed by atoms with Crippen LogP contribution in [0.1, 0.15) is 32.6 Å². The van der Waals surface area contributed by atoms with E-state index >= 15 is 0 Å². The third-order valence-electron chi connectivity index (χ3n) is 5.49. The van der Waals surface area contributed by atoms with Crippen molar-refractivity contribution in [2.75, 3.05) is 50.2 Å². The van der Waals surface area contributed by atoms with Gasteiger partial charge in [-0.2, -0.15) is 23.7 Å². The second kappa shape index (κ2) is 13.5. The molecule has 0 aliphatic heterocycles. The number of nitrogens with one attached hydrogen (secondary N) is 2. The van der Waals surface area contributed by atoms with E-state index in [0.717, 1.165) is 25.7 Å². The average molecular weight is 521 g/mol. The first-order valence-corrected chi connectivity index (χ1v) is 11.6. The molecule has 2 aromatic rings. The lowest BCUT2D eigenvalue weighted by Crippen LogP contribution is -2.26. The van der Waals surface area contributed by atoms with Crippen LogP contribution in [-0.4, -0.2) is 60.5 Å². The summed E-state index contributed by atoms with van der Waals surface area (Å²) in [5, 5.41) is 5.98. The van der Waals surface area contributed by atoms with Gasteiger partial charge in [-0.3, -0.25) is 0 Å². The van der Waals surface area contributed by atoms with Gasteiger partial charge in [0.05, 0.1) is 26.4 Å². The summed E-state index contributed by atoms with van der Waals surface area (Å²) in [6.45, 7) is 4.18. The lowest BCUT2D eigenvalue weighted by molar-refractivity contribution is 0.0547. The van der Waals surface area contributed by atoms with Gasteiger partial charge < -0.3 is 30.6 Å². The van der Waals surface area contributed by atoms with Crippen LogP contribution >= 0.6 is 0 Å². The summed E-state index contributed by atoms with van der Waals surface area (Å²) in [6.07, 6.45) is 3.69. The van der Waals surface area contributed by atoms with Gasteiger partial charge in [0.1, 0.15) is 0 Å². The van der Waals surface area contributed by atoms with Gasteiger partial charge in [0.15, 0.2) is 0 Å². The maximum Gasteiger partial charge on any atom is 0.328 e. The zero-order valence-electron chi connectivity index (χ0n) is 19.8. The lowest BCUT2D eigenvalue weighted by Gasteiger charge is -2.27. The molecule has 1 saturated carbocycles. The van der Waals surface area contributed by atoms with Crippen molar-refractivity contribution in [2.45, 2.75) is 38.6 Å². The van der Waals surface area contributed by atoms with Crippen molar-refractivity contribution in [3.05, 3.63) is 29.1 Å². The quantitative estimate of drug-likeness (QED) is 0.157. The van der Waals surface area contributed by atoms with E-state index in [1.807, 2.05) is 0 Å². The molecular weight excluding hydrogens is 491 g/mol. The molecule has 0 radical (unpaired) electrons. The monoisotopic (exact) mass is 520 g/mol. The molecule has 1 fully saturated rings. The summed E-state index contributed by atoms with van der Waals surface area (Å²) in [6, 6.07) is -0.617. The lowest BCUT2D eigenvalue weighted by atomic mass is 9.87. The molecule has 3 rings (SSSR count). The number of hydrogen-bond donors (Lipinski definition) is 3. The van der Waals surface area contributed by atoms with Crippen molar-refractivity contribution in [3.63, 3.8) is 0 Å². The Kier molecular flexibility index (Phi) is 10.4. The van der Waals surface area contributed by atoms with E-state index in [0.29, 0.717) is 32.3 Å². The predicted octanol–water partition coefficient (Wildman–Crippen LogP) is 3.75. The van der Waals surface area contributed by atoms with Crippen LogP contribution in [0.25, 0.3) is 0 Å². The van der Waals surface area contributed by atoms with Gasteiger partial charge in [-0.05, 0) is 31.6 Å². The fraction of sp³-hybridized carbons (Fsp3) is 0.591. The molecule has 1 aromatic heterocycles. The number of nitrogens with zero attached hydrogens (tertiary/aromatic N) is 3. The Balaban J connectivity index is 1.73. The number of anilines is 2. The van der Waals surface area contributed by atoms with E-state index in [9.17, 15) is 22.0 Å². The molecule has 36 heavy (non-hydrogen) atoms. The van der Waals surface area contributed by atoms with E-state index in [1.165, 1.54) is 0 Å². The minimum absolute atomic E-state index is 0.0297. The number of ether oxygens (including phenoxy) is 3. The van der Waals surface area contributed by atoms with Gasteiger partial charge in [-0.25, -0.2) is 13.2 Å². The normalized spacial score (nSPS) is 17.8. The zero-order valence-corrected chi connectivity index (χ0v) is 19.8. The topological polar surface area (TPSA) is 116 Å². The van der Waals surface area contributed by atoms with Crippen molar-refractivity contribution in [1.29, 1.82) is 0 Å². The Morgan fingerprint density at radius 1 is 0.778 bits per heavy atom. The number of benzene rings is 1. The van der Waals surface area contributed by atoms with Crippen molar-refractivity contribution in [3.8, 4) is 11.8 Å². The Bertz CT molecular complexity index is 982. The maximum atomic E-state index is 14.1. The summed E-state index contributed by atoms with van der Waals surface area (Å²) in [4.78, 5) is 12.1. The number of nitrogens with two attached hydrogens (primary N) is 1. The maximum absolute atomic E-state index is 14.1. The van der Waals surface area contributed by atoms with Gasteiger partial charge in [0.25, 0.3) is 0 Å². The predicted molar refractivity (Wildman–Crippen MR) is 120 cm³/mol. The van der Waals surface area contributed by atoms with Crippen LogP contribution in [0.5, 0.6) is 11.8 Å². The summed E-state index contributed by atoms with van der Waals surface area (Å²) >= 11 is 0. The number of hydrogen-bond acceptors (Lipinski definition) is 9. The molecule has 9 nitrogen and oxygen atoms in total. The van der Waals surface area contributed by atoms with Gasteiger partial charge in [0.2, 0.25) is 46.7 Å². The van der Waals surface area contributed by atoms with Crippen LogP contribution in [0.15, 0.2) is 0 Å². The second-order valence-electron chi connectivity index (χ2n) is 8.31. The van der Waals surface area contributed by atoms with Crippen LogP contribution < -0.4 is 21.1 Å². The Labute approximate surface area is 204 Å². The fourth-order valence-electron chi connectivity index (χ4n) is 3.54. The molecule has 0 saturated heterocycles. The van der Waals surface area contributed by atoms with E-state index in [1.54, 1.807) is 0 Å². The van der Waals surface area contributed by atoms with Gasteiger partial charge >= 0.3 is 6.01 Å². The highest BCUT2D eigenvalue weighted by Gasteiger charge is 2.28. The molecule has 14 heteroatoms. The molecule has 0 bridgehead atoms. The molecule has 1 aliphatic rings. The standard InChI is InChI=1S/C22H29F5N6O3/c1-12-2-4-13(5-3-12)30-21-31-20(29-7-9-35-11-10-34-8-6-28)32-22(33-21)36-19-17(26)15(24)14(23)16(25)18(19)27/h12-13H,2-11,28H2,1H3,(H2,29,30,31,32,33). The summed E-state index contributed by atoms with van der Waals surface area (Å²) in [5.41, 5.74) is 5.33. The zero-order chi connectivity index (χ0) is 26.1. The van der Waals surface area contributed by atoms with E-state index in [4.69, 9.17) is 19.9 Å². The van der Waals surface area contributed by atoms with E-state index in [2.05, 4.69) is 32.5 Å². The van der Waals surface area contributed by atoms with Crippen LogP contribution in [0, 0.1) is 35.0 Å². The highest BCUT2D eigenvalue weighted by atomic mass is 19.2. The van der Waals surface area contributed by atoms with Crippen molar-refractivity contribution < 1.29 is 36.2 Å². The highest BCUT2D eigenvalue weighted by Crippen LogP contribution is 2.32. The van der Waals surface area contributed by atoms with E-state index in [-0.39, 0.29) is 31.1 Å². The van der Waals surface area contributed by atoms with Crippen molar-refractivity contribution in [1.82, 2.24) is 15.0 Å². The molecule has 0 spiro atoms. The first-order chi connectivity index (χ1) is 17.3. The molecule has 1 heterocycles. The third kappa shape index (κ3) is 7.58. The summed E-state index contributed by atoms with van der Waals surface area (Å²) in [5.74, 6) is -11.8. The highest BCUT2D eigenvalue weighted by molar-refractivity contribution is 5.39. The first kappa shape index (κ1) is 27.7. The third-order valence-corrected chi connectivity index (χ3v) is 5.49. The number of halogens is 5. The summed E-state index contributed by atoms with van der Waals surface area (Å²) in [7, 11) is 0. The minimum Gasteiger partial charge on any atom is -0.418 e. The molecule has 0 unspecified atom stereocenters. The van der Waals surface area contributed by atoms with Gasteiger partial charge in [-0.1, -0.05) is 6.92 Å². The molecule has 1 aliphatic carbocycles. The second-order valence-corrected chi connectivity index (χ2v) is 8.31. The van der Waals surface area contributed by atoms with Crippen LogP contribution in [0.2, 0.25) is 0 Å². The summed E-state index contributed by atoms with van der Waals surface area (Å²) < 4.78 is 84.3. The number of aromatic nitrogens is 3. The molecule has 0 amide bonds. The minimum atomic E-state index is -2.29. The number of rotatable bonds is 13. The van der Waals surface area contributed by atoms with Gasteiger partial charge in [-0.15, -0.1) is 0 Å². The Morgan fingerprint density at radius 2 is 1.36 bits per heavy atom. The molecule has 1 aromatic carbocycles. The van der Waals surface area contributed by atoms with Crippen molar-refractivity contribution in [2.24, 2.45) is 11.7 Å². The van der Waals surface area contributed by atoms with Crippen LogP contribution in [0.3, 0.4) is 0 Å². The fourth-order valence-corrected chi connectivity index (χ4v) is 3.54. The molecular formula is C22H29F5N6O3. The average Bonchev–Trinajstić information content (AvgIpc) is 2.87. The molecule has 4 N–H and O–H groups in total. The van der Waals surface area contributed by atoms with Crippen molar-refractivity contribution >= 4 is 11.9 Å². The molecule has 0 atom stereocenters. The van der Waals surface area contributed by atoms with Gasteiger partial charge in [0, 0.05) is 19.1 Å². The van der Waals surface area contributed by atoms with E-state index < -0.39 is 40.8 Å². The SMILES string of the molecule is CC1CCC(Nc2nc(NCCOCCOCCN)nc(Oc3c(F)c(F)c(F)c(F)c3F)n2)CC1. The smallest absolute Gasteiger partial charge is 0.328 e. The van der Waals surface area contributed by atoms with Crippen LogP contribution in [-0.2, 0) is 9.47 Å². The first-order valence-electron chi connectivity index (χ1n) is 11.6. The Hall–Kier alpha value is -2.84. The Morgan fingerprint density at radius 3 is 2.00 bits per heavy atom.